The molecular weight excluding hydrogens is 284 g/mol. The predicted molar refractivity (Wildman–Crippen MR) is 79.1 cm³/mol. The molecule has 3 rings (SSSR count). The fourth-order valence-corrected chi connectivity index (χ4v) is 2.77. The number of hydrogen-bond donors (Lipinski definition) is 1. The number of H-pyrrole nitrogens is 1. The molecule has 22 heavy (non-hydrogen) atoms. The number of hydrogen-bond acceptors (Lipinski definition) is 5. The standard InChI is InChI=1S/C15H18N4O3/c1-2-22-15(21)11-4-3-7-19(9-11)14(20)10-5-6-12-13(8-10)17-18-16-12/h5-6,8,11H,2-4,7,9H2,1H3,(H,16,17,18). The van der Waals surface area contributed by atoms with Gasteiger partial charge in [0.2, 0.25) is 0 Å². The number of carbonyl (C=O) groups is 2. The van der Waals surface area contributed by atoms with Crippen LogP contribution >= 0.6 is 0 Å². The summed E-state index contributed by atoms with van der Waals surface area (Å²) >= 11 is 0. The molecule has 1 fully saturated rings. The third-order valence-corrected chi connectivity index (χ3v) is 3.89. The smallest absolute Gasteiger partial charge is 0.310 e. The fraction of sp³-hybridized carbons (Fsp3) is 0.467. The van der Waals surface area contributed by atoms with Gasteiger partial charge in [-0.05, 0) is 38.0 Å². The number of piperidine rings is 1. The maximum atomic E-state index is 12.6. The summed E-state index contributed by atoms with van der Waals surface area (Å²) in [7, 11) is 0. The highest BCUT2D eigenvalue weighted by molar-refractivity contribution is 5.97. The zero-order chi connectivity index (χ0) is 15.5. The number of carbonyl (C=O) groups excluding carboxylic acids is 2. The quantitative estimate of drug-likeness (QED) is 0.865. The van der Waals surface area contributed by atoms with Gasteiger partial charge in [0.15, 0.2) is 0 Å². The van der Waals surface area contributed by atoms with Crippen molar-refractivity contribution in [2.24, 2.45) is 5.92 Å². The van der Waals surface area contributed by atoms with Gasteiger partial charge in [0.1, 0.15) is 11.0 Å². The van der Waals surface area contributed by atoms with Crippen molar-refractivity contribution in [3.8, 4) is 0 Å². The zero-order valence-electron chi connectivity index (χ0n) is 12.4. The van der Waals surface area contributed by atoms with Crippen molar-refractivity contribution in [1.82, 2.24) is 20.3 Å². The summed E-state index contributed by atoms with van der Waals surface area (Å²) in [6, 6.07) is 5.22. The average Bonchev–Trinajstić information content (AvgIpc) is 3.02. The first-order valence-electron chi connectivity index (χ1n) is 7.45. The topological polar surface area (TPSA) is 88.2 Å². The van der Waals surface area contributed by atoms with Gasteiger partial charge in [-0.15, -0.1) is 0 Å². The molecule has 1 aliphatic rings. The number of benzene rings is 1. The summed E-state index contributed by atoms with van der Waals surface area (Å²) in [5, 5.41) is 10.5. The summed E-state index contributed by atoms with van der Waals surface area (Å²) in [5.74, 6) is -0.528. The molecule has 1 N–H and O–H groups in total. The van der Waals surface area contributed by atoms with Crippen molar-refractivity contribution in [3.63, 3.8) is 0 Å². The van der Waals surface area contributed by atoms with Crippen LogP contribution < -0.4 is 0 Å². The highest BCUT2D eigenvalue weighted by atomic mass is 16.5. The molecular formula is C15H18N4O3. The van der Waals surface area contributed by atoms with Crippen LogP contribution in [0.2, 0.25) is 0 Å². The van der Waals surface area contributed by atoms with E-state index in [-0.39, 0.29) is 17.8 Å². The number of aromatic nitrogens is 3. The molecule has 1 aliphatic heterocycles. The summed E-state index contributed by atoms with van der Waals surface area (Å²) < 4.78 is 5.06. The molecule has 1 aromatic heterocycles. The maximum absolute atomic E-state index is 12.6. The highest BCUT2D eigenvalue weighted by Gasteiger charge is 2.29. The average molecular weight is 302 g/mol. The van der Waals surface area contributed by atoms with Crippen LogP contribution in [0.15, 0.2) is 18.2 Å². The summed E-state index contributed by atoms with van der Waals surface area (Å²) in [6.45, 7) is 3.23. The van der Waals surface area contributed by atoms with Crippen LogP contribution in [-0.2, 0) is 9.53 Å². The number of aromatic amines is 1. The Balaban J connectivity index is 1.74. The maximum Gasteiger partial charge on any atom is 0.310 e. The normalized spacial score (nSPS) is 18.4. The number of esters is 1. The van der Waals surface area contributed by atoms with Crippen molar-refractivity contribution in [3.05, 3.63) is 23.8 Å². The van der Waals surface area contributed by atoms with Gasteiger partial charge in [0.05, 0.1) is 12.5 Å². The molecule has 1 aromatic carbocycles. The van der Waals surface area contributed by atoms with Gasteiger partial charge in [0.25, 0.3) is 5.91 Å². The van der Waals surface area contributed by atoms with Gasteiger partial charge >= 0.3 is 5.97 Å². The van der Waals surface area contributed by atoms with E-state index in [9.17, 15) is 9.59 Å². The lowest BCUT2D eigenvalue weighted by atomic mass is 9.97. The number of rotatable bonds is 3. The molecule has 116 valence electrons. The van der Waals surface area contributed by atoms with E-state index in [0.29, 0.717) is 30.8 Å². The van der Waals surface area contributed by atoms with Crippen molar-refractivity contribution in [2.45, 2.75) is 19.8 Å². The first kappa shape index (κ1) is 14.5. The van der Waals surface area contributed by atoms with Gasteiger partial charge in [-0.2, -0.15) is 15.4 Å². The van der Waals surface area contributed by atoms with Crippen LogP contribution in [0, 0.1) is 5.92 Å². The Morgan fingerprint density at radius 2 is 2.18 bits per heavy atom. The van der Waals surface area contributed by atoms with E-state index in [1.165, 1.54) is 0 Å². The van der Waals surface area contributed by atoms with Crippen molar-refractivity contribution >= 4 is 22.9 Å². The highest BCUT2D eigenvalue weighted by Crippen LogP contribution is 2.21. The van der Waals surface area contributed by atoms with Gasteiger partial charge in [-0.1, -0.05) is 0 Å². The lowest BCUT2D eigenvalue weighted by Crippen LogP contribution is -2.42. The predicted octanol–water partition coefficient (Wildman–Crippen LogP) is 1.37. The number of likely N-dealkylation sites (tertiary alicyclic amines) is 1. The third-order valence-electron chi connectivity index (χ3n) is 3.89. The molecule has 0 saturated carbocycles. The molecule has 1 amide bonds. The first-order chi connectivity index (χ1) is 10.7. The molecule has 0 spiro atoms. The molecule has 0 aliphatic carbocycles. The first-order valence-corrected chi connectivity index (χ1v) is 7.45. The van der Waals surface area contributed by atoms with Crippen LogP contribution in [0.25, 0.3) is 11.0 Å². The molecule has 0 bridgehead atoms. The second-order valence-corrected chi connectivity index (χ2v) is 5.37. The minimum atomic E-state index is -0.228. The summed E-state index contributed by atoms with van der Waals surface area (Å²) in [5.41, 5.74) is 1.94. The third kappa shape index (κ3) is 2.79. The molecule has 7 heteroatoms. The van der Waals surface area contributed by atoms with Crippen molar-refractivity contribution < 1.29 is 14.3 Å². The molecule has 1 saturated heterocycles. The van der Waals surface area contributed by atoms with Crippen LogP contribution in [0.4, 0.5) is 0 Å². The molecule has 1 unspecified atom stereocenters. The van der Waals surface area contributed by atoms with Crippen molar-refractivity contribution in [2.75, 3.05) is 19.7 Å². The Hall–Kier alpha value is -2.44. The number of fused-ring (bicyclic) bond motifs is 1. The second kappa shape index (κ2) is 6.13. The van der Waals surface area contributed by atoms with Crippen molar-refractivity contribution in [1.29, 1.82) is 0 Å². The Labute approximate surface area is 127 Å². The zero-order valence-corrected chi connectivity index (χ0v) is 12.4. The summed E-state index contributed by atoms with van der Waals surface area (Å²) in [6.07, 6.45) is 1.58. The molecule has 2 aromatic rings. The molecule has 0 radical (unpaired) electrons. The SMILES string of the molecule is CCOC(=O)C1CCCN(C(=O)c2ccc3n[nH]nc3c2)C1. The van der Waals surface area contributed by atoms with E-state index < -0.39 is 0 Å². The van der Waals surface area contributed by atoms with Crippen LogP contribution in [-0.4, -0.2) is 51.9 Å². The molecule has 2 heterocycles. The number of ether oxygens (including phenoxy) is 1. The fourth-order valence-electron chi connectivity index (χ4n) is 2.77. The Bertz CT molecular complexity index is 697. The minimum absolute atomic E-state index is 0.0844. The molecule has 1 atom stereocenters. The van der Waals surface area contributed by atoms with Crippen LogP contribution in [0.5, 0.6) is 0 Å². The van der Waals surface area contributed by atoms with E-state index in [1.54, 1.807) is 30.0 Å². The van der Waals surface area contributed by atoms with Gasteiger partial charge < -0.3 is 9.64 Å². The lowest BCUT2D eigenvalue weighted by molar-refractivity contribution is -0.149. The monoisotopic (exact) mass is 302 g/mol. The van der Waals surface area contributed by atoms with Gasteiger partial charge in [-0.25, -0.2) is 0 Å². The van der Waals surface area contributed by atoms with E-state index in [4.69, 9.17) is 4.74 Å². The van der Waals surface area contributed by atoms with E-state index in [2.05, 4.69) is 15.4 Å². The largest absolute Gasteiger partial charge is 0.466 e. The van der Waals surface area contributed by atoms with Crippen LogP contribution in [0.1, 0.15) is 30.1 Å². The Kier molecular flexibility index (Phi) is 4.04. The Morgan fingerprint density at radius 1 is 1.36 bits per heavy atom. The Morgan fingerprint density at radius 3 is 3.00 bits per heavy atom. The van der Waals surface area contributed by atoms with E-state index in [0.717, 1.165) is 18.4 Å². The number of amides is 1. The number of nitrogens with zero attached hydrogens (tertiary/aromatic N) is 3. The summed E-state index contributed by atoms with van der Waals surface area (Å²) in [4.78, 5) is 26.2. The van der Waals surface area contributed by atoms with Crippen LogP contribution in [0.3, 0.4) is 0 Å². The minimum Gasteiger partial charge on any atom is -0.466 e. The number of nitrogens with one attached hydrogen (secondary N) is 1. The van der Waals surface area contributed by atoms with E-state index >= 15 is 0 Å². The van der Waals surface area contributed by atoms with Gasteiger partial charge in [0, 0.05) is 18.7 Å². The lowest BCUT2D eigenvalue weighted by Gasteiger charge is -2.31. The van der Waals surface area contributed by atoms with Gasteiger partial charge in [-0.3, -0.25) is 9.59 Å². The van der Waals surface area contributed by atoms with E-state index in [1.807, 2.05) is 0 Å². The second-order valence-electron chi connectivity index (χ2n) is 5.37. The molecule has 7 nitrogen and oxygen atoms in total.